The summed E-state index contributed by atoms with van der Waals surface area (Å²) in [5, 5.41) is 0. The third-order valence-electron chi connectivity index (χ3n) is 4.50. The molecule has 0 saturated carbocycles. The highest BCUT2D eigenvalue weighted by Gasteiger charge is 2.46. The lowest BCUT2D eigenvalue weighted by molar-refractivity contribution is -0.221. The Hall–Kier alpha value is -1.76. The SMILES string of the molecule is C=C1C(=O)O[C@@H]2/C=C(/C)C(=O)/C=C/[C@@]3(C)C[C@@H](OCOCO3)[C@@H]12. The van der Waals surface area contributed by atoms with Gasteiger partial charge in [-0.15, -0.1) is 0 Å². The van der Waals surface area contributed by atoms with E-state index < -0.39 is 17.7 Å². The van der Waals surface area contributed by atoms with Crippen molar-refractivity contribution in [1.82, 2.24) is 0 Å². The van der Waals surface area contributed by atoms with E-state index in [1.807, 2.05) is 6.92 Å². The second-order valence-electron chi connectivity index (χ2n) is 6.27. The Morgan fingerprint density at radius 3 is 2.87 bits per heavy atom. The number of carbonyl (C=O) groups excluding carboxylic acids is 2. The number of allylic oxidation sites excluding steroid dienone is 2. The number of fused-ring (bicyclic) bond motifs is 4. The number of hydrogen-bond donors (Lipinski definition) is 0. The van der Waals surface area contributed by atoms with Crippen LogP contribution in [0.4, 0.5) is 0 Å². The van der Waals surface area contributed by atoms with Crippen LogP contribution in [0.15, 0.2) is 36.0 Å². The molecule has 2 aliphatic heterocycles. The van der Waals surface area contributed by atoms with Crippen LogP contribution in [0.2, 0.25) is 0 Å². The first kappa shape index (κ1) is 16.1. The Bertz CT molecular complexity index is 604. The van der Waals surface area contributed by atoms with Gasteiger partial charge in [-0.3, -0.25) is 4.79 Å². The number of ether oxygens (including phenoxy) is 4. The van der Waals surface area contributed by atoms with Gasteiger partial charge in [0.15, 0.2) is 12.6 Å². The molecule has 6 heteroatoms. The number of ketones is 1. The van der Waals surface area contributed by atoms with Crippen LogP contribution in [0, 0.1) is 5.92 Å². The van der Waals surface area contributed by atoms with E-state index in [-0.39, 0.29) is 31.4 Å². The average molecular weight is 320 g/mol. The zero-order chi connectivity index (χ0) is 16.6. The van der Waals surface area contributed by atoms with E-state index >= 15 is 0 Å². The van der Waals surface area contributed by atoms with Crippen molar-refractivity contribution in [1.29, 1.82) is 0 Å². The molecule has 0 aromatic rings. The third kappa shape index (κ3) is 3.15. The van der Waals surface area contributed by atoms with Gasteiger partial charge in [-0.05, 0) is 37.6 Å². The lowest BCUT2D eigenvalue weighted by atomic mass is 9.82. The predicted molar refractivity (Wildman–Crippen MR) is 80.2 cm³/mol. The van der Waals surface area contributed by atoms with Gasteiger partial charge in [-0.25, -0.2) is 4.79 Å². The Kier molecular flexibility index (Phi) is 4.23. The normalized spacial score (nSPS) is 41.9. The Morgan fingerprint density at radius 1 is 1.30 bits per heavy atom. The molecule has 4 atom stereocenters. The van der Waals surface area contributed by atoms with E-state index in [0.717, 1.165) is 0 Å². The molecule has 2 saturated heterocycles. The molecule has 23 heavy (non-hydrogen) atoms. The molecule has 2 fully saturated rings. The molecule has 0 unspecified atom stereocenters. The van der Waals surface area contributed by atoms with Gasteiger partial charge in [0.1, 0.15) is 12.9 Å². The molecule has 0 spiro atoms. The highest BCUT2D eigenvalue weighted by molar-refractivity contribution is 6.03. The molecule has 0 aromatic heterocycles. The van der Waals surface area contributed by atoms with E-state index in [0.29, 0.717) is 17.6 Å². The van der Waals surface area contributed by atoms with Crippen LogP contribution in [-0.4, -0.2) is 43.1 Å². The van der Waals surface area contributed by atoms with Gasteiger partial charge in [-0.1, -0.05) is 6.58 Å². The van der Waals surface area contributed by atoms with Crippen molar-refractivity contribution in [2.24, 2.45) is 5.92 Å². The number of rotatable bonds is 0. The number of hydrogen-bond acceptors (Lipinski definition) is 6. The van der Waals surface area contributed by atoms with E-state index in [4.69, 9.17) is 18.9 Å². The first-order valence-electron chi connectivity index (χ1n) is 7.55. The van der Waals surface area contributed by atoms with E-state index in [1.165, 1.54) is 6.08 Å². The van der Waals surface area contributed by atoms with Crippen LogP contribution in [0.1, 0.15) is 20.3 Å². The quantitative estimate of drug-likeness (QED) is 0.499. The fraction of sp³-hybridized carbons (Fsp3) is 0.529. The molecule has 3 rings (SSSR count). The summed E-state index contributed by atoms with van der Waals surface area (Å²) in [4.78, 5) is 24.2. The first-order valence-corrected chi connectivity index (χ1v) is 7.55. The zero-order valence-corrected chi connectivity index (χ0v) is 13.2. The number of carbonyl (C=O) groups is 2. The van der Waals surface area contributed by atoms with Gasteiger partial charge in [-0.2, -0.15) is 0 Å². The van der Waals surface area contributed by atoms with Gasteiger partial charge in [0.2, 0.25) is 0 Å². The van der Waals surface area contributed by atoms with E-state index in [1.54, 1.807) is 19.1 Å². The van der Waals surface area contributed by atoms with Crippen molar-refractivity contribution >= 4 is 11.8 Å². The van der Waals surface area contributed by atoms with Crippen LogP contribution in [-0.2, 0) is 28.5 Å². The van der Waals surface area contributed by atoms with Crippen LogP contribution >= 0.6 is 0 Å². The largest absolute Gasteiger partial charge is 0.454 e. The average Bonchev–Trinajstić information content (AvgIpc) is 2.75. The summed E-state index contributed by atoms with van der Waals surface area (Å²) in [6.45, 7) is 7.54. The summed E-state index contributed by atoms with van der Waals surface area (Å²) >= 11 is 0. The van der Waals surface area contributed by atoms with Crippen LogP contribution in [0.5, 0.6) is 0 Å². The van der Waals surface area contributed by atoms with Gasteiger partial charge in [0, 0.05) is 12.0 Å². The molecule has 124 valence electrons. The fourth-order valence-corrected chi connectivity index (χ4v) is 3.10. The summed E-state index contributed by atoms with van der Waals surface area (Å²) in [5.41, 5.74) is 0.119. The minimum atomic E-state index is -0.741. The molecule has 0 amide bonds. The monoisotopic (exact) mass is 320 g/mol. The van der Waals surface area contributed by atoms with Crippen LogP contribution in [0.3, 0.4) is 0 Å². The molecule has 6 nitrogen and oxygen atoms in total. The Morgan fingerprint density at radius 2 is 2.09 bits per heavy atom. The van der Waals surface area contributed by atoms with Crippen molar-refractivity contribution in [2.45, 2.75) is 38.1 Å². The maximum absolute atomic E-state index is 12.2. The van der Waals surface area contributed by atoms with Crippen LogP contribution < -0.4 is 0 Å². The fourth-order valence-electron chi connectivity index (χ4n) is 3.10. The van der Waals surface area contributed by atoms with Gasteiger partial charge >= 0.3 is 5.97 Å². The highest BCUT2D eigenvalue weighted by atomic mass is 16.7. The maximum atomic E-state index is 12.2. The highest BCUT2D eigenvalue weighted by Crippen LogP contribution is 2.38. The first-order chi connectivity index (χ1) is 10.9. The summed E-state index contributed by atoms with van der Waals surface area (Å²) in [6.07, 6.45) is 4.39. The minimum absolute atomic E-state index is 0.0662. The molecule has 2 heterocycles. The maximum Gasteiger partial charge on any atom is 0.334 e. The van der Waals surface area contributed by atoms with E-state index in [2.05, 4.69) is 6.58 Å². The molecular formula is C17H20O6. The van der Waals surface area contributed by atoms with Crippen LogP contribution in [0.25, 0.3) is 0 Å². The standard InChI is InChI=1S/C17H20O6/c1-10-6-13-15(11(2)16(19)23-13)14-7-17(3,5-4-12(10)18)22-9-20-8-21-14/h4-6,13-15H,2,7-9H2,1,3H3/b5-4+,10-6-/t13-,14-,15+,17+/m1/s1. The second kappa shape index (κ2) is 6.03. The Labute approximate surface area is 134 Å². The van der Waals surface area contributed by atoms with Gasteiger partial charge < -0.3 is 18.9 Å². The summed E-state index contributed by atoms with van der Waals surface area (Å²) < 4.78 is 22.2. The second-order valence-corrected chi connectivity index (χ2v) is 6.27. The molecule has 1 aliphatic carbocycles. The predicted octanol–water partition coefficient (Wildman–Crippen LogP) is 1.67. The van der Waals surface area contributed by atoms with E-state index in [9.17, 15) is 9.59 Å². The van der Waals surface area contributed by atoms with Crippen molar-refractivity contribution in [2.75, 3.05) is 13.6 Å². The molecule has 0 radical (unpaired) electrons. The van der Waals surface area contributed by atoms with Gasteiger partial charge in [0.05, 0.1) is 17.6 Å². The third-order valence-corrected chi connectivity index (χ3v) is 4.50. The lowest BCUT2D eigenvalue weighted by Crippen LogP contribution is -2.42. The molecular weight excluding hydrogens is 300 g/mol. The molecule has 0 N–H and O–H groups in total. The zero-order valence-electron chi connectivity index (χ0n) is 13.2. The summed E-state index contributed by atoms with van der Waals surface area (Å²) in [5.74, 6) is -0.983. The molecule has 0 aromatic carbocycles. The summed E-state index contributed by atoms with van der Waals surface area (Å²) in [7, 11) is 0. The topological polar surface area (TPSA) is 71.1 Å². The van der Waals surface area contributed by atoms with Crippen molar-refractivity contribution < 1.29 is 28.5 Å². The minimum Gasteiger partial charge on any atom is -0.454 e. The van der Waals surface area contributed by atoms with Crippen molar-refractivity contribution in [3.63, 3.8) is 0 Å². The Balaban J connectivity index is 2.05. The number of esters is 1. The lowest BCUT2D eigenvalue weighted by Gasteiger charge is -2.36. The molecule has 3 aliphatic rings. The van der Waals surface area contributed by atoms with Gasteiger partial charge in [0.25, 0.3) is 0 Å². The smallest absolute Gasteiger partial charge is 0.334 e. The molecule has 2 bridgehead atoms. The van der Waals surface area contributed by atoms with Crippen molar-refractivity contribution in [3.8, 4) is 0 Å². The summed E-state index contributed by atoms with van der Waals surface area (Å²) in [6, 6.07) is 0. The van der Waals surface area contributed by atoms with Crippen molar-refractivity contribution in [3.05, 3.63) is 36.0 Å².